The van der Waals surface area contributed by atoms with Gasteiger partial charge in [-0.1, -0.05) is 52.3 Å². The topological polar surface area (TPSA) is 58.6 Å². The van der Waals surface area contributed by atoms with Crippen LogP contribution in [0.15, 0.2) is 65.1 Å². The number of benzene rings is 3. The maximum absolute atomic E-state index is 12.4. The van der Waals surface area contributed by atoms with Crippen molar-refractivity contribution in [3.8, 4) is 5.75 Å². The second kappa shape index (κ2) is 8.89. The first kappa shape index (κ1) is 19.9. The zero-order valence-electron chi connectivity index (χ0n) is 15.7. The van der Waals surface area contributed by atoms with Gasteiger partial charge in [-0.25, -0.2) is 0 Å². The summed E-state index contributed by atoms with van der Waals surface area (Å²) in [5.41, 5.74) is 1.66. The lowest BCUT2D eigenvalue weighted by molar-refractivity contribution is -0.135. The molecule has 0 aliphatic heterocycles. The third-order valence-corrected chi connectivity index (χ3v) is 4.86. The van der Waals surface area contributed by atoms with E-state index in [4.69, 9.17) is 4.74 Å². The van der Waals surface area contributed by atoms with E-state index in [-0.39, 0.29) is 25.0 Å². The molecule has 0 radical (unpaired) electrons. The molecular formula is C22H21BrN2O3. The van der Waals surface area contributed by atoms with Crippen molar-refractivity contribution in [2.75, 3.05) is 25.5 Å². The average Bonchev–Trinajstić information content (AvgIpc) is 2.68. The van der Waals surface area contributed by atoms with Crippen LogP contribution in [0.5, 0.6) is 5.75 Å². The van der Waals surface area contributed by atoms with Gasteiger partial charge in [0.1, 0.15) is 5.75 Å². The van der Waals surface area contributed by atoms with Crippen molar-refractivity contribution >= 4 is 44.2 Å². The first-order valence-electron chi connectivity index (χ1n) is 8.84. The molecule has 0 aromatic heterocycles. The van der Waals surface area contributed by atoms with Crippen LogP contribution in [0.1, 0.15) is 5.56 Å². The van der Waals surface area contributed by atoms with Crippen LogP contribution in [-0.2, 0) is 9.59 Å². The summed E-state index contributed by atoms with van der Waals surface area (Å²) in [6.07, 6.45) is 0. The highest BCUT2D eigenvalue weighted by Gasteiger charge is 2.15. The minimum Gasteiger partial charge on any atom is -0.483 e. The monoisotopic (exact) mass is 440 g/mol. The molecule has 3 aromatic carbocycles. The fraction of sp³-hybridized carbons (Fsp3) is 0.182. The minimum absolute atomic E-state index is 0.0484. The molecule has 0 aliphatic carbocycles. The molecule has 3 rings (SSSR count). The lowest BCUT2D eigenvalue weighted by Gasteiger charge is -2.18. The van der Waals surface area contributed by atoms with Crippen molar-refractivity contribution in [3.05, 3.63) is 70.7 Å². The summed E-state index contributed by atoms with van der Waals surface area (Å²) in [4.78, 5) is 26.0. The number of fused-ring (bicyclic) bond motifs is 1. The third kappa shape index (κ3) is 4.89. The van der Waals surface area contributed by atoms with E-state index in [2.05, 4.69) is 21.2 Å². The van der Waals surface area contributed by atoms with Crippen LogP contribution in [0.4, 0.5) is 5.69 Å². The first-order chi connectivity index (χ1) is 13.4. The number of ether oxygens (including phenoxy) is 1. The normalized spacial score (nSPS) is 10.5. The maximum atomic E-state index is 12.4. The standard InChI is InChI=1S/C22H21BrN2O3/c1-15-12-17(23)10-11-19(15)24-21(26)13-25(2)22(27)14-28-20-9-5-7-16-6-3-4-8-18(16)20/h3-12H,13-14H2,1-2H3,(H,24,26). The summed E-state index contributed by atoms with van der Waals surface area (Å²) in [7, 11) is 1.59. The quantitative estimate of drug-likeness (QED) is 0.618. The van der Waals surface area contributed by atoms with Gasteiger partial charge in [-0.3, -0.25) is 9.59 Å². The van der Waals surface area contributed by atoms with E-state index in [1.165, 1.54) is 4.90 Å². The van der Waals surface area contributed by atoms with E-state index in [0.29, 0.717) is 5.75 Å². The summed E-state index contributed by atoms with van der Waals surface area (Å²) in [5, 5.41) is 4.82. The summed E-state index contributed by atoms with van der Waals surface area (Å²) in [5.74, 6) is 0.122. The van der Waals surface area contributed by atoms with Crippen LogP contribution in [-0.4, -0.2) is 36.9 Å². The molecule has 0 heterocycles. The zero-order valence-corrected chi connectivity index (χ0v) is 17.3. The van der Waals surface area contributed by atoms with Gasteiger partial charge in [0, 0.05) is 22.6 Å². The molecule has 3 aromatic rings. The van der Waals surface area contributed by atoms with Gasteiger partial charge in [0.15, 0.2) is 6.61 Å². The van der Waals surface area contributed by atoms with E-state index in [1.807, 2.05) is 67.6 Å². The Morgan fingerprint density at radius 1 is 1.07 bits per heavy atom. The Kier molecular flexibility index (Phi) is 6.31. The molecule has 0 fully saturated rings. The molecular weight excluding hydrogens is 420 g/mol. The van der Waals surface area contributed by atoms with Crippen molar-refractivity contribution < 1.29 is 14.3 Å². The summed E-state index contributed by atoms with van der Waals surface area (Å²) in [6, 6.07) is 19.1. The Bertz CT molecular complexity index is 1010. The number of carbonyl (C=O) groups is 2. The number of anilines is 1. The number of hydrogen-bond donors (Lipinski definition) is 1. The number of hydrogen-bond acceptors (Lipinski definition) is 3. The molecule has 6 heteroatoms. The van der Waals surface area contributed by atoms with Crippen LogP contribution in [0.2, 0.25) is 0 Å². The van der Waals surface area contributed by atoms with Crippen molar-refractivity contribution in [2.45, 2.75) is 6.92 Å². The van der Waals surface area contributed by atoms with Crippen LogP contribution >= 0.6 is 15.9 Å². The summed E-state index contributed by atoms with van der Waals surface area (Å²) >= 11 is 3.39. The lowest BCUT2D eigenvalue weighted by atomic mass is 10.1. The fourth-order valence-corrected chi connectivity index (χ4v) is 3.31. The van der Waals surface area contributed by atoms with Crippen LogP contribution < -0.4 is 10.1 Å². The maximum Gasteiger partial charge on any atom is 0.260 e. The largest absolute Gasteiger partial charge is 0.483 e. The highest BCUT2D eigenvalue weighted by atomic mass is 79.9. The van der Waals surface area contributed by atoms with E-state index < -0.39 is 0 Å². The highest BCUT2D eigenvalue weighted by Crippen LogP contribution is 2.25. The van der Waals surface area contributed by atoms with E-state index in [9.17, 15) is 9.59 Å². The fourth-order valence-electron chi connectivity index (χ4n) is 2.83. The number of likely N-dealkylation sites (N-methyl/N-ethyl adjacent to an activating group) is 1. The predicted molar refractivity (Wildman–Crippen MR) is 115 cm³/mol. The highest BCUT2D eigenvalue weighted by molar-refractivity contribution is 9.10. The average molecular weight is 441 g/mol. The van der Waals surface area contributed by atoms with Crippen LogP contribution in [0.3, 0.4) is 0 Å². The molecule has 0 saturated heterocycles. The molecule has 0 bridgehead atoms. The van der Waals surface area contributed by atoms with Gasteiger partial charge in [-0.2, -0.15) is 0 Å². The summed E-state index contributed by atoms with van der Waals surface area (Å²) in [6.45, 7) is 1.73. The Hall–Kier alpha value is -2.86. The van der Waals surface area contributed by atoms with Gasteiger partial charge in [0.2, 0.25) is 5.91 Å². The molecule has 5 nitrogen and oxygen atoms in total. The van der Waals surface area contributed by atoms with Crippen molar-refractivity contribution in [2.24, 2.45) is 0 Å². The van der Waals surface area contributed by atoms with E-state index in [0.717, 1.165) is 26.5 Å². The number of rotatable bonds is 6. The van der Waals surface area contributed by atoms with Gasteiger partial charge < -0.3 is 15.0 Å². The smallest absolute Gasteiger partial charge is 0.260 e. The third-order valence-electron chi connectivity index (χ3n) is 4.37. The second-order valence-electron chi connectivity index (χ2n) is 6.52. The van der Waals surface area contributed by atoms with Crippen molar-refractivity contribution in [3.63, 3.8) is 0 Å². The number of amides is 2. The number of halogens is 1. The predicted octanol–water partition coefficient (Wildman–Crippen LogP) is 4.39. The Morgan fingerprint density at radius 2 is 1.82 bits per heavy atom. The number of aryl methyl sites for hydroxylation is 1. The molecule has 144 valence electrons. The molecule has 0 aliphatic rings. The summed E-state index contributed by atoms with van der Waals surface area (Å²) < 4.78 is 6.65. The zero-order chi connectivity index (χ0) is 20.1. The number of carbonyl (C=O) groups excluding carboxylic acids is 2. The van der Waals surface area contributed by atoms with Crippen LogP contribution in [0.25, 0.3) is 10.8 Å². The molecule has 0 atom stereocenters. The van der Waals surface area contributed by atoms with E-state index >= 15 is 0 Å². The molecule has 0 saturated carbocycles. The second-order valence-corrected chi connectivity index (χ2v) is 7.44. The molecule has 2 amide bonds. The molecule has 1 N–H and O–H groups in total. The first-order valence-corrected chi connectivity index (χ1v) is 9.64. The Balaban J connectivity index is 1.56. The van der Waals surface area contributed by atoms with Gasteiger partial charge in [-0.15, -0.1) is 0 Å². The van der Waals surface area contributed by atoms with E-state index in [1.54, 1.807) is 7.05 Å². The van der Waals surface area contributed by atoms with Gasteiger partial charge in [0.25, 0.3) is 5.91 Å². The SMILES string of the molecule is Cc1cc(Br)ccc1NC(=O)CN(C)C(=O)COc1cccc2ccccc12. The number of nitrogens with zero attached hydrogens (tertiary/aromatic N) is 1. The van der Waals surface area contributed by atoms with Crippen molar-refractivity contribution in [1.29, 1.82) is 0 Å². The molecule has 0 unspecified atom stereocenters. The number of nitrogens with one attached hydrogen (secondary N) is 1. The lowest BCUT2D eigenvalue weighted by Crippen LogP contribution is -2.37. The van der Waals surface area contributed by atoms with Crippen molar-refractivity contribution in [1.82, 2.24) is 4.90 Å². The van der Waals surface area contributed by atoms with Gasteiger partial charge in [0.05, 0.1) is 6.54 Å². The van der Waals surface area contributed by atoms with Gasteiger partial charge in [-0.05, 0) is 42.1 Å². The minimum atomic E-state index is -0.268. The Morgan fingerprint density at radius 3 is 2.61 bits per heavy atom. The molecule has 28 heavy (non-hydrogen) atoms. The molecule has 0 spiro atoms. The van der Waals surface area contributed by atoms with Crippen LogP contribution in [0, 0.1) is 6.92 Å². The Labute approximate surface area is 172 Å². The van der Waals surface area contributed by atoms with Gasteiger partial charge >= 0.3 is 0 Å².